The van der Waals surface area contributed by atoms with Crippen molar-refractivity contribution in [2.24, 2.45) is 5.92 Å². The maximum atomic E-state index is 13.2. The minimum Gasteiger partial charge on any atom is -0.488 e. The van der Waals surface area contributed by atoms with Gasteiger partial charge in [-0.15, -0.1) is 0 Å². The summed E-state index contributed by atoms with van der Waals surface area (Å²) >= 11 is 0. The molecule has 5 heterocycles. The maximum Gasteiger partial charge on any atom is 0.411 e. The van der Waals surface area contributed by atoms with Crippen molar-refractivity contribution in [3.05, 3.63) is 65.9 Å². The van der Waals surface area contributed by atoms with Crippen molar-refractivity contribution in [1.29, 1.82) is 0 Å². The number of carbonyl (C=O) groups excluding carboxylic acids is 1. The molecule has 0 spiro atoms. The Hall–Kier alpha value is -4.55. The van der Waals surface area contributed by atoms with Gasteiger partial charge in [0.2, 0.25) is 0 Å². The molecular weight excluding hydrogens is 630 g/mol. The second kappa shape index (κ2) is 12.1. The predicted octanol–water partition coefficient (Wildman–Crippen LogP) is 8.02. The number of likely N-dealkylation sites (tertiary alicyclic amines) is 1. The van der Waals surface area contributed by atoms with Crippen LogP contribution >= 0.6 is 0 Å². The zero-order chi connectivity index (χ0) is 34.0. The lowest BCUT2D eigenvalue weighted by Crippen LogP contribution is -2.40. The summed E-state index contributed by atoms with van der Waals surface area (Å²) in [5.74, 6) is 2.37. The Morgan fingerprint density at radius 2 is 1.94 bits per heavy atom. The van der Waals surface area contributed by atoms with Crippen molar-refractivity contribution in [2.45, 2.75) is 83.9 Å². The highest BCUT2D eigenvalue weighted by atomic mass is 19.3. The van der Waals surface area contributed by atoms with Crippen molar-refractivity contribution in [3.8, 4) is 28.1 Å². The van der Waals surface area contributed by atoms with Gasteiger partial charge in [0.25, 0.3) is 0 Å². The number of benzene rings is 3. The first-order valence-electron chi connectivity index (χ1n) is 16.9. The fourth-order valence-electron chi connectivity index (χ4n) is 7.52. The summed E-state index contributed by atoms with van der Waals surface area (Å²) in [5.41, 5.74) is 6.27. The van der Waals surface area contributed by atoms with E-state index in [4.69, 9.17) is 14.5 Å². The van der Waals surface area contributed by atoms with Crippen molar-refractivity contribution in [1.82, 2.24) is 30.2 Å². The lowest BCUT2D eigenvalue weighted by Gasteiger charge is -2.30. The largest absolute Gasteiger partial charge is 0.488 e. The zero-order valence-electron chi connectivity index (χ0n) is 28.0. The van der Waals surface area contributed by atoms with E-state index >= 15 is 0 Å². The van der Waals surface area contributed by atoms with E-state index in [-0.39, 0.29) is 36.7 Å². The zero-order valence-corrected chi connectivity index (χ0v) is 28.0. The Balaban J connectivity index is 1.05. The number of H-pyrrole nitrogens is 2. The van der Waals surface area contributed by atoms with Crippen LogP contribution in [0.2, 0.25) is 0 Å². The number of alkyl halides is 2. The summed E-state index contributed by atoms with van der Waals surface area (Å²) in [6, 6.07) is 14.6. The van der Waals surface area contributed by atoms with Gasteiger partial charge < -0.3 is 29.5 Å². The first kappa shape index (κ1) is 31.7. The Kier molecular flexibility index (Phi) is 7.83. The van der Waals surface area contributed by atoms with Gasteiger partial charge in [-0.05, 0) is 99.2 Å². The van der Waals surface area contributed by atoms with Crippen LogP contribution in [0.1, 0.15) is 76.3 Å². The number of hydrogen-bond acceptors (Lipinski definition) is 7. The SMILES string of the molecule is C[C@H]1CC[C@@H](c2nc3c(ccc4cc5c(cc43)OCc3cc(-c4cnc([C@@H]6C[C@H](COC(F)F)CN6)[nH]4)ccc3-5)[nH]2)N1C(=O)OC(C)(C)C. The number of fused-ring (bicyclic) bond motifs is 6. The number of carbonyl (C=O) groups is 1. The molecule has 0 aliphatic carbocycles. The number of amides is 1. The Morgan fingerprint density at radius 1 is 1.08 bits per heavy atom. The number of hydrogen-bond donors (Lipinski definition) is 3. The van der Waals surface area contributed by atoms with Crippen molar-refractivity contribution in [3.63, 3.8) is 0 Å². The standard InChI is InChI=1S/C37H40F2N6O4/c1-19-5-10-30(45(19)36(46)49-37(2,3)4)34-42-27-9-7-21-13-26-24-8-6-22(12-23(24)18-47-31(26)14-25(21)32(27)44-34)29-16-41-33(43-29)28-11-20(15-40-28)17-48-35(38)39/h6-9,12-14,16,19-20,28,30,35,40H,5,10-11,15,17-18H2,1-4H3,(H,41,43)(H,42,44)/t19-,20-,28-,30-/m0/s1. The average molecular weight is 671 g/mol. The van der Waals surface area contributed by atoms with Crippen LogP contribution in [0.4, 0.5) is 13.6 Å². The van der Waals surface area contributed by atoms with Crippen LogP contribution in [0.15, 0.2) is 48.7 Å². The van der Waals surface area contributed by atoms with E-state index in [0.29, 0.717) is 19.6 Å². The van der Waals surface area contributed by atoms with Crippen LogP contribution in [-0.2, 0) is 16.1 Å². The van der Waals surface area contributed by atoms with Gasteiger partial charge in [0.1, 0.15) is 29.6 Å². The van der Waals surface area contributed by atoms with Crippen molar-refractivity contribution < 1.29 is 27.8 Å². The molecule has 49 heavy (non-hydrogen) atoms. The van der Waals surface area contributed by atoms with Gasteiger partial charge in [-0.1, -0.05) is 18.2 Å². The van der Waals surface area contributed by atoms with Gasteiger partial charge in [-0.25, -0.2) is 14.8 Å². The molecule has 256 valence electrons. The summed E-state index contributed by atoms with van der Waals surface area (Å²) < 4.78 is 41.5. The molecule has 2 aromatic heterocycles. The Labute approximate surface area is 282 Å². The van der Waals surface area contributed by atoms with Crippen LogP contribution < -0.4 is 10.1 Å². The molecule has 10 nitrogen and oxygen atoms in total. The monoisotopic (exact) mass is 670 g/mol. The summed E-state index contributed by atoms with van der Waals surface area (Å²) in [6.07, 6.45) is 3.87. The molecule has 8 rings (SSSR count). The Bertz CT molecular complexity index is 2050. The summed E-state index contributed by atoms with van der Waals surface area (Å²) in [7, 11) is 0. The number of aromatic nitrogens is 4. The van der Waals surface area contributed by atoms with Crippen molar-refractivity contribution >= 4 is 27.9 Å². The van der Waals surface area contributed by atoms with E-state index in [1.165, 1.54) is 0 Å². The van der Waals surface area contributed by atoms with E-state index in [9.17, 15) is 13.6 Å². The van der Waals surface area contributed by atoms with Crippen LogP contribution in [0, 0.1) is 5.92 Å². The third kappa shape index (κ3) is 6.01. The number of rotatable bonds is 6. The molecule has 3 aromatic carbocycles. The molecule has 1 amide bonds. The van der Waals surface area contributed by atoms with Crippen LogP contribution in [0.25, 0.3) is 44.2 Å². The minimum atomic E-state index is -2.75. The molecule has 5 aromatic rings. The van der Waals surface area contributed by atoms with Gasteiger partial charge in [-0.3, -0.25) is 4.90 Å². The number of aromatic amines is 2. The van der Waals surface area contributed by atoms with Crippen molar-refractivity contribution in [2.75, 3.05) is 13.2 Å². The molecule has 0 unspecified atom stereocenters. The molecule has 4 atom stereocenters. The minimum absolute atomic E-state index is 0.0152. The highest BCUT2D eigenvalue weighted by Crippen LogP contribution is 2.43. The van der Waals surface area contributed by atoms with E-state index in [1.54, 1.807) is 0 Å². The summed E-state index contributed by atoms with van der Waals surface area (Å²) in [5, 5.41) is 5.40. The molecule has 12 heteroatoms. The van der Waals surface area contributed by atoms with E-state index in [0.717, 1.165) is 80.0 Å². The lowest BCUT2D eigenvalue weighted by molar-refractivity contribution is -0.136. The number of ether oxygens (including phenoxy) is 3. The predicted molar refractivity (Wildman–Crippen MR) is 181 cm³/mol. The first-order valence-corrected chi connectivity index (χ1v) is 16.9. The smallest absolute Gasteiger partial charge is 0.411 e. The highest BCUT2D eigenvalue weighted by molar-refractivity contribution is 6.07. The second-order valence-electron chi connectivity index (χ2n) is 14.5. The summed E-state index contributed by atoms with van der Waals surface area (Å²) in [6.45, 7) is 6.01. The quantitative estimate of drug-likeness (QED) is 0.168. The fraction of sp³-hybridized carbons (Fsp3) is 0.432. The fourth-order valence-corrected chi connectivity index (χ4v) is 7.52. The van der Waals surface area contributed by atoms with Gasteiger partial charge in [0, 0.05) is 23.5 Å². The average Bonchev–Trinajstić information content (AvgIpc) is 3.87. The maximum absolute atomic E-state index is 13.2. The Morgan fingerprint density at radius 3 is 2.76 bits per heavy atom. The van der Waals surface area contributed by atoms with Crippen LogP contribution in [0.3, 0.4) is 0 Å². The van der Waals surface area contributed by atoms with Gasteiger partial charge in [-0.2, -0.15) is 8.78 Å². The first-order chi connectivity index (χ1) is 23.5. The third-order valence-corrected chi connectivity index (χ3v) is 9.87. The molecule has 0 radical (unpaired) electrons. The topological polar surface area (TPSA) is 117 Å². The van der Waals surface area contributed by atoms with Gasteiger partial charge in [0.15, 0.2) is 0 Å². The normalized spacial score (nSPS) is 22.1. The third-order valence-electron chi connectivity index (χ3n) is 9.87. The van der Waals surface area contributed by atoms with Gasteiger partial charge >= 0.3 is 12.7 Å². The molecule has 0 saturated carbocycles. The van der Waals surface area contributed by atoms with E-state index < -0.39 is 12.2 Å². The molecule has 3 aliphatic heterocycles. The van der Waals surface area contributed by atoms with Crippen LogP contribution in [0.5, 0.6) is 5.75 Å². The molecule has 2 saturated heterocycles. The highest BCUT2D eigenvalue weighted by Gasteiger charge is 2.39. The van der Waals surface area contributed by atoms with E-state index in [2.05, 4.69) is 68.3 Å². The lowest BCUT2D eigenvalue weighted by atomic mass is 9.92. The second-order valence-corrected chi connectivity index (χ2v) is 14.5. The molecular formula is C37H40F2N6O4. The van der Waals surface area contributed by atoms with Crippen LogP contribution in [-0.4, -0.2) is 62.3 Å². The van der Waals surface area contributed by atoms with E-state index in [1.807, 2.05) is 37.9 Å². The molecule has 3 N–H and O–H groups in total. The number of nitrogens with zero attached hydrogens (tertiary/aromatic N) is 3. The van der Waals surface area contributed by atoms with Gasteiger partial charge in [0.05, 0.1) is 41.6 Å². The summed E-state index contributed by atoms with van der Waals surface area (Å²) in [4.78, 5) is 31.6. The molecule has 2 fully saturated rings. The number of halogens is 2. The number of nitrogens with one attached hydrogen (secondary N) is 3. The molecule has 3 aliphatic rings. The molecule has 0 bridgehead atoms. The number of imidazole rings is 2.